The van der Waals surface area contributed by atoms with Gasteiger partial charge in [-0.25, -0.2) is 0 Å². The lowest BCUT2D eigenvalue weighted by Gasteiger charge is -2.20. The van der Waals surface area contributed by atoms with Crippen molar-refractivity contribution in [3.63, 3.8) is 0 Å². The zero-order valence-corrected chi connectivity index (χ0v) is 20.7. The number of aromatic nitrogens is 1. The van der Waals surface area contributed by atoms with Gasteiger partial charge in [-0.05, 0) is 70.4 Å². The van der Waals surface area contributed by atoms with Gasteiger partial charge in [0.25, 0.3) is 0 Å². The fourth-order valence-corrected chi connectivity index (χ4v) is 5.41. The molecule has 0 bridgehead atoms. The van der Waals surface area contributed by atoms with E-state index in [0.717, 1.165) is 11.4 Å². The Bertz CT molecular complexity index is 1860. The average molecular weight is 475 g/mol. The number of benzene rings is 6. The van der Waals surface area contributed by atoms with Crippen LogP contribution in [-0.2, 0) is 0 Å². The monoisotopic (exact) mass is 474 g/mol. The van der Waals surface area contributed by atoms with Crippen LogP contribution in [0.1, 0.15) is 0 Å². The van der Waals surface area contributed by atoms with Gasteiger partial charge in [0.1, 0.15) is 0 Å². The molecule has 2 heteroatoms. The summed E-state index contributed by atoms with van der Waals surface area (Å²) in [5.41, 5.74) is 8.37. The van der Waals surface area contributed by atoms with E-state index in [0.29, 0.717) is 0 Å². The van der Waals surface area contributed by atoms with E-state index in [1.165, 1.54) is 49.4 Å². The molecule has 0 aliphatic rings. The van der Waals surface area contributed by atoms with E-state index in [9.17, 15) is 0 Å². The van der Waals surface area contributed by atoms with Gasteiger partial charge < -0.3 is 9.47 Å². The Morgan fingerprint density at radius 3 is 1.78 bits per heavy atom. The van der Waals surface area contributed by atoms with Crippen molar-refractivity contribution in [1.29, 1.82) is 0 Å². The van der Waals surface area contributed by atoms with Crippen molar-refractivity contribution in [1.82, 2.24) is 4.57 Å². The van der Waals surface area contributed by atoms with Crippen molar-refractivity contribution in [3.8, 4) is 16.8 Å². The molecule has 0 aliphatic carbocycles. The second kappa shape index (κ2) is 8.69. The van der Waals surface area contributed by atoms with Gasteiger partial charge in [-0.3, -0.25) is 0 Å². The van der Waals surface area contributed by atoms with Crippen LogP contribution in [0.4, 0.5) is 11.4 Å². The smallest absolute Gasteiger partial charge is 0.0561 e. The molecule has 1 heterocycles. The Hall–Kier alpha value is -4.82. The highest BCUT2D eigenvalue weighted by molar-refractivity contribution is 6.14. The Morgan fingerprint density at radius 1 is 0.459 bits per heavy atom. The molecule has 0 atom stereocenters. The zero-order valence-electron chi connectivity index (χ0n) is 20.7. The van der Waals surface area contributed by atoms with Crippen LogP contribution in [0.5, 0.6) is 0 Å². The summed E-state index contributed by atoms with van der Waals surface area (Å²) in [6, 6.07) is 50.1. The normalized spacial score (nSPS) is 11.4. The summed E-state index contributed by atoms with van der Waals surface area (Å²) >= 11 is 0. The summed E-state index contributed by atoms with van der Waals surface area (Å²) in [6.45, 7) is 0. The second-order valence-electron chi connectivity index (χ2n) is 9.56. The Kier molecular flexibility index (Phi) is 5.04. The van der Waals surface area contributed by atoms with Crippen LogP contribution in [0.3, 0.4) is 0 Å². The molecule has 2 nitrogen and oxygen atoms in total. The van der Waals surface area contributed by atoms with E-state index in [1.54, 1.807) is 0 Å². The summed E-state index contributed by atoms with van der Waals surface area (Å²) in [5, 5.41) is 5.05. The van der Waals surface area contributed by atoms with Crippen molar-refractivity contribution in [2.24, 2.45) is 0 Å². The third kappa shape index (κ3) is 3.66. The molecule has 0 spiro atoms. The van der Waals surface area contributed by atoms with Gasteiger partial charge in [-0.2, -0.15) is 0 Å². The highest BCUT2D eigenvalue weighted by Crippen LogP contribution is 2.38. The summed E-state index contributed by atoms with van der Waals surface area (Å²) in [6.07, 6.45) is 0. The van der Waals surface area contributed by atoms with Gasteiger partial charge in [-0.15, -0.1) is 0 Å². The molecule has 0 radical (unpaired) electrons. The van der Waals surface area contributed by atoms with Crippen LogP contribution in [0, 0.1) is 0 Å². The molecule has 0 aliphatic heterocycles. The summed E-state index contributed by atoms with van der Waals surface area (Å²) < 4.78 is 2.41. The second-order valence-corrected chi connectivity index (χ2v) is 9.56. The van der Waals surface area contributed by atoms with E-state index in [2.05, 4.69) is 156 Å². The first-order valence-corrected chi connectivity index (χ1v) is 12.7. The standard InChI is InChI=1S/C35H26N2/c1-36(29-14-6-3-7-15-29)31-20-21-32-33-22-27-12-8-9-13-28(27)23-34(33)37(35(32)24-31)30-18-16-26(17-19-30)25-10-4-2-5-11-25/h2-24H,1H3. The van der Waals surface area contributed by atoms with Crippen LogP contribution in [0.25, 0.3) is 49.4 Å². The quantitative estimate of drug-likeness (QED) is 0.247. The minimum absolute atomic E-state index is 1.16. The maximum Gasteiger partial charge on any atom is 0.0561 e. The molecule has 0 N–H and O–H groups in total. The lowest BCUT2D eigenvalue weighted by atomic mass is 10.1. The van der Waals surface area contributed by atoms with Gasteiger partial charge in [-0.1, -0.05) is 91.0 Å². The molecule has 37 heavy (non-hydrogen) atoms. The highest BCUT2D eigenvalue weighted by Gasteiger charge is 2.15. The molecule has 0 saturated carbocycles. The van der Waals surface area contributed by atoms with Crippen molar-refractivity contribution < 1.29 is 0 Å². The van der Waals surface area contributed by atoms with Crippen LogP contribution in [0.15, 0.2) is 140 Å². The third-order valence-corrected chi connectivity index (χ3v) is 7.38. The number of hydrogen-bond acceptors (Lipinski definition) is 1. The summed E-state index contributed by atoms with van der Waals surface area (Å²) in [4.78, 5) is 2.25. The maximum atomic E-state index is 2.41. The molecular weight excluding hydrogens is 448 g/mol. The Labute approximate surface area is 216 Å². The number of anilines is 2. The number of nitrogens with zero attached hydrogens (tertiary/aromatic N) is 2. The molecule has 7 rings (SSSR count). The third-order valence-electron chi connectivity index (χ3n) is 7.38. The van der Waals surface area contributed by atoms with E-state index < -0.39 is 0 Å². The predicted molar refractivity (Wildman–Crippen MR) is 158 cm³/mol. The summed E-state index contributed by atoms with van der Waals surface area (Å²) in [7, 11) is 2.13. The SMILES string of the molecule is CN(c1ccccc1)c1ccc2c3cc4ccccc4cc3n(-c3ccc(-c4ccccc4)cc3)c2c1. The van der Waals surface area contributed by atoms with E-state index in [4.69, 9.17) is 0 Å². The highest BCUT2D eigenvalue weighted by atomic mass is 15.1. The minimum Gasteiger partial charge on any atom is -0.345 e. The topological polar surface area (TPSA) is 8.17 Å². The summed E-state index contributed by atoms with van der Waals surface area (Å²) in [5.74, 6) is 0. The van der Waals surface area contributed by atoms with Crippen molar-refractivity contribution in [3.05, 3.63) is 140 Å². The molecule has 0 unspecified atom stereocenters. The lowest BCUT2D eigenvalue weighted by Crippen LogP contribution is -2.09. The van der Waals surface area contributed by atoms with E-state index >= 15 is 0 Å². The molecule has 0 amide bonds. The first-order chi connectivity index (χ1) is 18.3. The van der Waals surface area contributed by atoms with E-state index in [-0.39, 0.29) is 0 Å². The van der Waals surface area contributed by atoms with Crippen molar-refractivity contribution in [2.45, 2.75) is 0 Å². The number of hydrogen-bond donors (Lipinski definition) is 0. The number of para-hydroxylation sites is 1. The molecular formula is C35H26N2. The van der Waals surface area contributed by atoms with Crippen molar-refractivity contribution in [2.75, 3.05) is 11.9 Å². The molecule has 6 aromatic carbocycles. The van der Waals surface area contributed by atoms with Crippen LogP contribution in [-0.4, -0.2) is 11.6 Å². The maximum absolute atomic E-state index is 2.41. The van der Waals surface area contributed by atoms with Gasteiger partial charge in [0, 0.05) is 34.9 Å². The molecule has 0 fully saturated rings. The number of fused-ring (bicyclic) bond motifs is 4. The zero-order chi connectivity index (χ0) is 24.8. The number of rotatable bonds is 4. The largest absolute Gasteiger partial charge is 0.345 e. The predicted octanol–water partition coefficient (Wildman–Crippen LogP) is 9.37. The fraction of sp³-hybridized carbons (Fsp3) is 0.0286. The van der Waals surface area contributed by atoms with E-state index in [1.807, 2.05) is 0 Å². The van der Waals surface area contributed by atoms with Gasteiger partial charge in [0.05, 0.1) is 11.0 Å². The first kappa shape index (κ1) is 21.5. The average Bonchev–Trinajstić information content (AvgIpc) is 3.29. The lowest BCUT2D eigenvalue weighted by molar-refractivity contribution is 1.17. The minimum atomic E-state index is 1.16. The first-order valence-electron chi connectivity index (χ1n) is 12.7. The van der Waals surface area contributed by atoms with Gasteiger partial charge in [0.2, 0.25) is 0 Å². The Morgan fingerprint density at radius 2 is 1.05 bits per heavy atom. The fourth-order valence-electron chi connectivity index (χ4n) is 5.41. The van der Waals surface area contributed by atoms with Gasteiger partial charge >= 0.3 is 0 Å². The van der Waals surface area contributed by atoms with Gasteiger partial charge in [0.15, 0.2) is 0 Å². The molecule has 1 aromatic heterocycles. The Balaban J connectivity index is 1.47. The molecule has 7 aromatic rings. The van der Waals surface area contributed by atoms with Crippen LogP contribution < -0.4 is 4.90 Å². The van der Waals surface area contributed by atoms with Crippen LogP contribution >= 0.6 is 0 Å². The molecule has 176 valence electrons. The van der Waals surface area contributed by atoms with Crippen molar-refractivity contribution >= 4 is 44.0 Å². The van der Waals surface area contributed by atoms with Crippen LogP contribution in [0.2, 0.25) is 0 Å². The molecule has 0 saturated heterocycles.